The number of hydrogen-bond donors (Lipinski definition) is 1. The van der Waals surface area contributed by atoms with Crippen LogP contribution in [0.5, 0.6) is 0 Å². The molecular weight excluding hydrogens is 336 g/mol. The van der Waals surface area contributed by atoms with Crippen LogP contribution in [0.25, 0.3) is 5.69 Å². The minimum atomic E-state index is -0.137. The zero-order valence-corrected chi connectivity index (χ0v) is 15.5. The summed E-state index contributed by atoms with van der Waals surface area (Å²) in [7, 11) is 0. The Morgan fingerprint density at radius 2 is 1.89 bits per heavy atom. The molecule has 0 saturated heterocycles. The van der Waals surface area contributed by atoms with Crippen molar-refractivity contribution < 1.29 is 4.79 Å². The first kappa shape index (κ1) is 17.5. The molecule has 27 heavy (non-hydrogen) atoms. The predicted molar refractivity (Wildman–Crippen MR) is 105 cm³/mol. The van der Waals surface area contributed by atoms with E-state index in [1.165, 1.54) is 11.1 Å². The summed E-state index contributed by atoms with van der Waals surface area (Å²) in [6, 6.07) is 18.3. The number of hydrogen-bond acceptors (Lipinski definition) is 3. The van der Waals surface area contributed by atoms with Crippen LogP contribution in [-0.2, 0) is 24.3 Å². The summed E-state index contributed by atoms with van der Waals surface area (Å²) in [5, 5.41) is 7.29. The van der Waals surface area contributed by atoms with Gasteiger partial charge in [0.15, 0.2) is 0 Å². The highest BCUT2D eigenvalue weighted by Crippen LogP contribution is 2.20. The van der Waals surface area contributed by atoms with Crippen LogP contribution in [0.2, 0.25) is 0 Å². The largest absolute Gasteiger partial charge is 0.351 e. The molecule has 0 radical (unpaired) electrons. The summed E-state index contributed by atoms with van der Waals surface area (Å²) in [6.07, 6.45) is 4.67. The molecule has 1 N–H and O–H groups in total. The van der Waals surface area contributed by atoms with E-state index in [0.29, 0.717) is 6.54 Å². The summed E-state index contributed by atoms with van der Waals surface area (Å²) >= 11 is 0. The third-order valence-electron chi connectivity index (χ3n) is 5.26. The molecule has 0 bridgehead atoms. The lowest BCUT2D eigenvalue weighted by Gasteiger charge is -2.32. The highest BCUT2D eigenvalue weighted by Gasteiger charge is 2.24. The van der Waals surface area contributed by atoms with Crippen molar-refractivity contribution in [2.45, 2.75) is 32.5 Å². The fourth-order valence-electron chi connectivity index (χ4n) is 3.54. The Bertz CT molecular complexity index is 902. The van der Waals surface area contributed by atoms with Crippen LogP contribution in [-0.4, -0.2) is 33.2 Å². The van der Waals surface area contributed by atoms with Crippen LogP contribution >= 0.6 is 0 Å². The van der Waals surface area contributed by atoms with Crippen molar-refractivity contribution in [3.63, 3.8) is 0 Å². The molecule has 1 aliphatic heterocycles. The monoisotopic (exact) mass is 360 g/mol. The fraction of sp³-hybridized carbons (Fsp3) is 0.273. The number of benzene rings is 2. The van der Waals surface area contributed by atoms with Gasteiger partial charge in [-0.25, -0.2) is 4.68 Å². The minimum Gasteiger partial charge on any atom is -0.351 e. The van der Waals surface area contributed by atoms with Crippen molar-refractivity contribution >= 4 is 5.91 Å². The van der Waals surface area contributed by atoms with E-state index in [1.807, 2.05) is 48.1 Å². The van der Waals surface area contributed by atoms with Gasteiger partial charge in [-0.1, -0.05) is 36.4 Å². The average Bonchev–Trinajstić information content (AvgIpc) is 3.26. The topological polar surface area (TPSA) is 50.2 Å². The van der Waals surface area contributed by atoms with Gasteiger partial charge in [-0.2, -0.15) is 5.10 Å². The lowest BCUT2D eigenvalue weighted by molar-refractivity contribution is -0.126. The van der Waals surface area contributed by atoms with Gasteiger partial charge in [0.25, 0.3) is 0 Å². The maximum Gasteiger partial charge on any atom is 0.237 e. The Kier molecular flexibility index (Phi) is 5.03. The number of amides is 1. The second-order valence-electron chi connectivity index (χ2n) is 7.00. The highest BCUT2D eigenvalue weighted by atomic mass is 16.2. The molecule has 5 heteroatoms. The lowest BCUT2D eigenvalue weighted by Crippen LogP contribution is -2.46. The standard InChI is InChI=1S/C22H24N4O/c1-17(25-14-11-19-5-2-3-6-20(19)16-25)22(27)23-15-18-7-9-21(10-8-18)26-13-4-12-24-26/h2-10,12-13,17H,11,14-16H2,1H3,(H,23,27)/t17-/m1/s1. The fourth-order valence-corrected chi connectivity index (χ4v) is 3.54. The van der Waals surface area contributed by atoms with Crippen LogP contribution < -0.4 is 5.32 Å². The molecule has 0 saturated carbocycles. The molecule has 1 aliphatic rings. The number of nitrogens with one attached hydrogen (secondary N) is 1. The smallest absolute Gasteiger partial charge is 0.237 e. The molecule has 1 atom stereocenters. The Balaban J connectivity index is 1.33. The van der Waals surface area contributed by atoms with Crippen molar-refractivity contribution in [3.8, 4) is 5.69 Å². The Labute approximate surface area is 159 Å². The molecule has 5 nitrogen and oxygen atoms in total. The van der Waals surface area contributed by atoms with Crippen molar-refractivity contribution in [2.75, 3.05) is 6.54 Å². The molecule has 0 fully saturated rings. The SMILES string of the molecule is C[C@H](C(=O)NCc1ccc(-n2cccn2)cc1)N1CCc2ccccc2C1. The summed E-state index contributed by atoms with van der Waals surface area (Å²) in [6.45, 7) is 4.28. The third kappa shape index (κ3) is 3.93. The molecule has 0 spiro atoms. The van der Waals surface area contributed by atoms with Crippen LogP contribution in [0, 0.1) is 0 Å². The van der Waals surface area contributed by atoms with Gasteiger partial charge in [0.2, 0.25) is 5.91 Å². The molecule has 2 heterocycles. The zero-order valence-electron chi connectivity index (χ0n) is 15.5. The molecular formula is C22H24N4O. The second kappa shape index (κ2) is 7.76. The van der Waals surface area contributed by atoms with Crippen molar-refractivity contribution in [2.24, 2.45) is 0 Å². The molecule has 0 aliphatic carbocycles. The van der Waals surface area contributed by atoms with Gasteiger partial charge >= 0.3 is 0 Å². The van der Waals surface area contributed by atoms with Gasteiger partial charge in [-0.05, 0) is 48.2 Å². The number of fused-ring (bicyclic) bond motifs is 1. The van der Waals surface area contributed by atoms with E-state index in [0.717, 1.165) is 30.8 Å². The molecule has 1 amide bonds. The van der Waals surface area contributed by atoms with Crippen LogP contribution in [0.1, 0.15) is 23.6 Å². The maximum atomic E-state index is 12.6. The van der Waals surface area contributed by atoms with E-state index in [2.05, 4.69) is 39.6 Å². The number of carbonyl (C=O) groups is 1. The third-order valence-corrected chi connectivity index (χ3v) is 5.26. The number of rotatable bonds is 5. The average molecular weight is 360 g/mol. The number of carbonyl (C=O) groups excluding carboxylic acids is 1. The lowest BCUT2D eigenvalue weighted by atomic mass is 9.99. The summed E-state index contributed by atoms with van der Waals surface area (Å²) in [4.78, 5) is 14.9. The number of nitrogens with zero attached hydrogens (tertiary/aromatic N) is 3. The molecule has 0 unspecified atom stereocenters. The van der Waals surface area contributed by atoms with Gasteiger partial charge in [-0.3, -0.25) is 9.69 Å². The molecule has 3 aromatic rings. The van der Waals surface area contributed by atoms with Gasteiger partial charge in [-0.15, -0.1) is 0 Å². The van der Waals surface area contributed by atoms with E-state index in [9.17, 15) is 4.79 Å². The Hall–Kier alpha value is -2.92. The quantitative estimate of drug-likeness (QED) is 0.761. The van der Waals surface area contributed by atoms with Gasteiger partial charge in [0.05, 0.1) is 11.7 Å². The summed E-state index contributed by atoms with van der Waals surface area (Å²) in [5.74, 6) is 0.0746. The van der Waals surface area contributed by atoms with E-state index in [-0.39, 0.29) is 11.9 Å². The van der Waals surface area contributed by atoms with E-state index >= 15 is 0 Å². The van der Waals surface area contributed by atoms with Crippen LogP contribution in [0.4, 0.5) is 0 Å². The predicted octanol–water partition coefficient (Wildman–Crippen LogP) is 2.94. The van der Waals surface area contributed by atoms with E-state index < -0.39 is 0 Å². The summed E-state index contributed by atoms with van der Waals surface area (Å²) < 4.78 is 1.82. The van der Waals surface area contributed by atoms with E-state index in [4.69, 9.17) is 0 Å². The summed E-state index contributed by atoms with van der Waals surface area (Å²) in [5.41, 5.74) is 4.82. The Morgan fingerprint density at radius 1 is 1.11 bits per heavy atom. The zero-order chi connectivity index (χ0) is 18.6. The first-order chi connectivity index (χ1) is 13.2. The molecule has 138 valence electrons. The Morgan fingerprint density at radius 3 is 2.63 bits per heavy atom. The van der Waals surface area contributed by atoms with Crippen molar-refractivity contribution in [1.82, 2.24) is 20.0 Å². The molecule has 4 rings (SSSR count). The maximum absolute atomic E-state index is 12.6. The van der Waals surface area contributed by atoms with E-state index in [1.54, 1.807) is 6.20 Å². The van der Waals surface area contributed by atoms with Crippen molar-refractivity contribution in [1.29, 1.82) is 0 Å². The van der Waals surface area contributed by atoms with Crippen LogP contribution in [0.15, 0.2) is 67.0 Å². The molecule has 2 aromatic carbocycles. The second-order valence-corrected chi connectivity index (χ2v) is 7.00. The van der Waals surface area contributed by atoms with Gasteiger partial charge in [0.1, 0.15) is 0 Å². The minimum absolute atomic E-state index is 0.0746. The highest BCUT2D eigenvalue weighted by molar-refractivity contribution is 5.81. The normalized spacial score (nSPS) is 15.1. The first-order valence-corrected chi connectivity index (χ1v) is 9.38. The first-order valence-electron chi connectivity index (χ1n) is 9.38. The van der Waals surface area contributed by atoms with Gasteiger partial charge < -0.3 is 5.32 Å². The van der Waals surface area contributed by atoms with Crippen LogP contribution in [0.3, 0.4) is 0 Å². The van der Waals surface area contributed by atoms with Crippen molar-refractivity contribution in [3.05, 3.63) is 83.7 Å². The molecule has 1 aromatic heterocycles. The van der Waals surface area contributed by atoms with Gasteiger partial charge in [0, 0.05) is 32.0 Å². The number of aromatic nitrogens is 2.